The van der Waals surface area contributed by atoms with E-state index in [0.717, 1.165) is 0 Å². The lowest BCUT2D eigenvalue weighted by Gasteiger charge is -1.87. The highest BCUT2D eigenvalue weighted by Crippen LogP contribution is 1.80. The summed E-state index contributed by atoms with van der Waals surface area (Å²) in [6.07, 6.45) is 4.96. The van der Waals surface area contributed by atoms with Gasteiger partial charge in [-0.05, 0) is 0 Å². The van der Waals surface area contributed by atoms with Gasteiger partial charge in [-0.1, -0.05) is 0 Å². The van der Waals surface area contributed by atoms with Crippen LogP contribution in [0.1, 0.15) is 6.42 Å². The molecule has 0 spiro atoms. The SMILES string of the molecule is C#CCCS(N)(=O)=O. The van der Waals surface area contributed by atoms with Gasteiger partial charge >= 0.3 is 0 Å². The summed E-state index contributed by atoms with van der Waals surface area (Å²) in [5.41, 5.74) is 0. The fourth-order valence-electron chi connectivity index (χ4n) is 0.201. The van der Waals surface area contributed by atoms with E-state index in [9.17, 15) is 8.42 Å². The number of sulfonamides is 1. The molecular formula is C4H7NO2S. The van der Waals surface area contributed by atoms with Gasteiger partial charge in [0.15, 0.2) is 0 Å². The Hall–Kier alpha value is -0.530. The number of primary sulfonamides is 1. The van der Waals surface area contributed by atoms with E-state index in [0.29, 0.717) is 0 Å². The summed E-state index contributed by atoms with van der Waals surface area (Å²) in [7, 11) is -3.33. The zero-order valence-electron chi connectivity index (χ0n) is 4.29. The van der Waals surface area contributed by atoms with Crippen LogP contribution < -0.4 is 5.14 Å². The first-order chi connectivity index (χ1) is 3.56. The van der Waals surface area contributed by atoms with Gasteiger partial charge in [0.2, 0.25) is 10.0 Å². The van der Waals surface area contributed by atoms with Crippen molar-refractivity contribution in [3.05, 3.63) is 0 Å². The summed E-state index contributed by atoms with van der Waals surface area (Å²) >= 11 is 0. The van der Waals surface area contributed by atoms with Gasteiger partial charge < -0.3 is 0 Å². The summed E-state index contributed by atoms with van der Waals surface area (Å²) in [6, 6.07) is 0. The number of hydrogen-bond acceptors (Lipinski definition) is 2. The summed E-state index contributed by atoms with van der Waals surface area (Å²) in [5, 5.41) is 4.60. The standard InChI is InChI=1S/C4H7NO2S/c1-2-3-4-8(5,6)7/h1H,3-4H2,(H2,5,6,7). The quantitative estimate of drug-likeness (QED) is 0.506. The third-order valence-corrected chi connectivity index (χ3v) is 1.30. The minimum Gasteiger partial charge on any atom is -0.229 e. The minimum atomic E-state index is -3.33. The Kier molecular flexibility index (Phi) is 2.52. The van der Waals surface area contributed by atoms with Gasteiger partial charge in [0, 0.05) is 6.42 Å². The first-order valence-electron chi connectivity index (χ1n) is 2.00. The average molecular weight is 133 g/mol. The topological polar surface area (TPSA) is 60.2 Å². The summed E-state index contributed by atoms with van der Waals surface area (Å²) in [6.45, 7) is 0. The van der Waals surface area contributed by atoms with Crippen molar-refractivity contribution in [3.63, 3.8) is 0 Å². The van der Waals surface area contributed by atoms with Crippen molar-refractivity contribution in [2.24, 2.45) is 5.14 Å². The third-order valence-electron chi connectivity index (χ3n) is 0.531. The number of nitrogens with two attached hydrogens (primary N) is 1. The summed E-state index contributed by atoms with van der Waals surface area (Å²) in [4.78, 5) is 0. The second kappa shape index (κ2) is 2.70. The van der Waals surface area contributed by atoms with Crippen LogP contribution in [0.25, 0.3) is 0 Å². The molecule has 0 aromatic carbocycles. The fourth-order valence-corrected chi connectivity index (χ4v) is 0.604. The highest BCUT2D eigenvalue weighted by Gasteiger charge is 1.97. The lowest BCUT2D eigenvalue weighted by Crippen LogP contribution is -2.15. The molecule has 4 heteroatoms. The maximum Gasteiger partial charge on any atom is 0.210 e. The Morgan fingerprint density at radius 3 is 2.25 bits per heavy atom. The molecular weight excluding hydrogens is 126 g/mol. The first-order valence-corrected chi connectivity index (χ1v) is 3.72. The number of rotatable bonds is 2. The molecule has 3 nitrogen and oxygen atoms in total. The maximum absolute atomic E-state index is 10.1. The highest BCUT2D eigenvalue weighted by atomic mass is 32.2. The van der Waals surface area contributed by atoms with Crippen molar-refractivity contribution < 1.29 is 8.42 Å². The number of hydrogen-bond donors (Lipinski definition) is 1. The molecule has 0 heterocycles. The van der Waals surface area contributed by atoms with Crippen LogP contribution in [-0.4, -0.2) is 14.2 Å². The Balaban J connectivity index is 3.63. The van der Waals surface area contributed by atoms with Crippen molar-refractivity contribution >= 4 is 10.0 Å². The molecule has 0 bridgehead atoms. The predicted molar refractivity (Wildman–Crippen MR) is 31.4 cm³/mol. The largest absolute Gasteiger partial charge is 0.229 e. The van der Waals surface area contributed by atoms with Crippen LogP contribution in [0.4, 0.5) is 0 Å². The molecule has 8 heavy (non-hydrogen) atoms. The van der Waals surface area contributed by atoms with E-state index < -0.39 is 10.0 Å². The Morgan fingerprint density at radius 1 is 1.62 bits per heavy atom. The van der Waals surface area contributed by atoms with Gasteiger partial charge in [0.1, 0.15) is 0 Å². The van der Waals surface area contributed by atoms with E-state index in [1.807, 2.05) is 0 Å². The molecule has 0 saturated heterocycles. The molecule has 0 aliphatic carbocycles. The van der Waals surface area contributed by atoms with E-state index in [1.54, 1.807) is 0 Å². The molecule has 0 aromatic heterocycles. The molecule has 0 aromatic rings. The van der Waals surface area contributed by atoms with Crippen LogP contribution in [0.2, 0.25) is 0 Å². The van der Waals surface area contributed by atoms with Gasteiger partial charge in [-0.25, -0.2) is 13.6 Å². The summed E-state index contributed by atoms with van der Waals surface area (Å²) < 4.78 is 20.1. The van der Waals surface area contributed by atoms with E-state index in [4.69, 9.17) is 6.42 Å². The number of terminal acetylenes is 1. The molecule has 0 amide bonds. The third kappa shape index (κ3) is 5.47. The molecule has 2 N–H and O–H groups in total. The van der Waals surface area contributed by atoms with E-state index >= 15 is 0 Å². The highest BCUT2D eigenvalue weighted by molar-refractivity contribution is 7.89. The molecule has 0 fully saturated rings. The van der Waals surface area contributed by atoms with E-state index in [2.05, 4.69) is 11.1 Å². The summed E-state index contributed by atoms with van der Waals surface area (Å²) in [5.74, 6) is 2.04. The Labute approximate surface area is 48.9 Å². The minimum absolute atomic E-state index is 0.122. The van der Waals surface area contributed by atoms with E-state index in [1.165, 1.54) is 0 Å². The monoisotopic (exact) mass is 133 g/mol. The van der Waals surface area contributed by atoms with Crippen molar-refractivity contribution in [1.82, 2.24) is 0 Å². The van der Waals surface area contributed by atoms with Crippen LogP contribution in [0.3, 0.4) is 0 Å². The molecule has 0 rings (SSSR count). The second-order valence-electron chi connectivity index (χ2n) is 1.32. The lowest BCUT2D eigenvalue weighted by atomic mass is 10.5. The molecule has 0 aliphatic heterocycles. The maximum atomic E-state index is 10.1. The second-order valence-corrected chi connectivity index (χ2v) is 3.06. The average Bonchev–Trinajstić information content (AvgIpc) is 1.59. The van der Waals surface area contributed by atoms with Crippen LogP contribution in [-0.2, 0) is 10.0 Å². The molecule has 0 unspecified atom stereocenters. The lowest BCUT2D eigenvalue weighted by molar-refractivity contribution is 0.598. The van der Waals surface area contributed by atoms with Gasteiger partial charge in [0.05, 0.1) is 5.75 Å². The van der Waals surface area contributed by atoms with Crippen LogP contribution in [0.15, 0.2) is 0 Å². The van der Waals surface area contributed by atoms with Gasteiger partial charge in [-0.3, -0.25) is 0 Å². The van der Waals surface area contributed by atoms with Crippen LogP contribution in [0.5, 0.6) is 0 Å². The normalized spacial score (nSPS) is 10.5. The van der Waals surface area contributed by atoms with Gasteiger partial charge in [0.25, 0.3) is 0 Å². The van der Waals surface area contributed by atoms with Crippen molar-refractivity contribution in [1.29, 1.82) is 0 Å². The predicted octanol–water partition coefficient (Wildman–Crippen LogP) is -0.702. The van der Waals surface area contributed by atoms with E-state index in [-0.39, 0.29) is 12.2 Å². The molecule has 0 radical (unpaired) electrons. The molecule has 0 aliphatic rings. The molecule has 0 saturated carbocycles. The van der Waals surface area contributed by atoms with Gasteiger partial charge in [-0.15, -0.1) is 12.3 Å². The Bertz CT molecular complexity index is 187. The first kappa shape index (κ1) is 7.47. The van der Waals surface area contributed by atoms with Crippen molar-refractivity contribution in [2.75, 3.05) is 5.75 Å². The molecule has 0 atom stereocenters. The Morgan fingerprint density at radius 2 is 2.12 bits per heavy atom. The fraction of sp³-hybridized carbons (Fsp3) is 0.500. The zero-order chi connectivity index (χ0) is 6.62. The van der Waals surface area contributed by atoms with Gasteiger partial charge in [-0.2, -0.15) is 0 Å². The van der Waals surface area contributed by atoms with Crippen molar-refractivity contribution in [2.45, 2.75) is 6.42 Å². The smallest absolute Gasteiger partial charge is 0.210 e. The van der Waals surface area contributed by atoms with Crippen LogP contribution in [0, 0.1) is 12.3 Å². The van der Waals surface area contributed by atoms with Crippen molar-refractivity contribution in [3.8, 4) is 12.3 Å². The van der Waals surface area contributed by atoms with Crippen LogP contribution >= 0.6 is 0 Å². The zero-order valence-corrected chi connectivity index (χ0v) is 5.11. The molecule has 46 valence electrons.